The third-order valence-electron chi connectivity index (χ3n) is 4.49. The topological polar surface area (TPSA) is 46.2 Å². The van der Waals surface area contributed by atoms with Crippen LogP contribution < -0.4 is 5.32 Å². The molecule has 0 aromatic heterocycles. The highest BCUT2D eigenvalue weighted by molar-refractivity contribution is 7.99. The molecule has 2 saturated carbocycles. The lowest BCUT2D eigenvalue weighted by molar-refractivity contribution is 0.337. The third kappa shape index (κ3) is 4.36. The van der Waals surface area contributed by atoms with Crippen LogP contribution in [0.5, 0.6) is 0 Å². The second kappa shape index (κ2) is 6.81. The molecule has 2 aliphatic rings. The minimum atomic E-state index is -2.91. The molecule has 2 fully saturated rings. The van der Waals surface area contributed by atoms with Gasteiger partial charge in [-0.3, -0.25) is 0 Å². The fourth-order valence-electron chi connectivity index (χ4n) is 3.58. The number of nitrogens with one attached hydrogen (secondary N) is 1. The molecule has 5 heteroatoms. The lowest BCUT2D eigenvalue weighted by atomic mass is 9.94. The SMILES string of the molecule is CCS[C@@H]1CC[C@H](N[C@@H]2CCCC[C@@H]2S(C)(=O)=O)C1. The molecule has 0 radical (unpaired) electrons. The lowest BCUT2D eigenvalue weighted by Crippen LogP contribution is -2.49. The maximum absolute atomic E-state index is 11.9. The summed E-state index contributed by atoms with van der Waals surface area (Å²) in [6.07, 6.45) is 9.22. The Kier molecular flexibility index (Phi) is 5.61. The van der Waals surface area contributed by atoms with Crippen molar-refractivity contribution in [2.45, 2.75) is 74.5 Å². The smallest absolute Gasteiger partial charge is 0.151 e. The zero-order valence-corrected chi connectivity index (χ0v) is 13.7. The van der Waals surface area contributed by atoms with Crippen LogP contribution in [0, 0.1) is 0 Å². The van der Waals surface area contributed by atoms with Crippen LogP contribution in [0.15, 0.2) is 0 Å². The van der Waals surface area contributed by atoms with Crippen molar-refractivity contribution in [3.63, 3.8) is 0 Å². The molecule has 2 rings (SSSR count). The highest BCUT2D eigenvalue weighted by atomic mass is 32.2. The molecular weight excluding hydrogens is 278 g/mol. The highest BCUT2D eigenvalue weighted by Gasteiger charge is 2.35. The zero-order chi connectivity index (χ0) is 13.9. The molecule has 0 heterocycles. The van der Waals surface area contributed by atoms with E-state index in [4.69, 9.17) is 0 Å². The Morgan fingerprint density at radius 2 is 1.89 bits per heavy atom. The monoisotopic (exact) mass is 305 g/mol. The lowest BCUT2D eigenvalue weighted by Gasteiger charge is -2.33. The van der Waals surface area contributed by atoms with Crippen LogP contribution in [-0.2, 0) is 9.84 Å². The molecule has 0 spiro atoms. The number of sulfone groups is 1. The molecule has 1 N–H and O–H groups in total. The Bertz CT molecular complexity index is 383. The Morgan fingerprint density at radius 1 is 1.16 bits per heavy atom. The first-order chi connectivity index (χ1) is 9.00. The molecule has 0 unspecified atom stereocenters. The van der Waals surface area contributed by atoms with Crippen molar-refractivity contribution >= 4 is 21.6 Å². The summed E-state index contributed by atoms with van der Waals surface area (Å²) in [6.45, 7) is 2.21. The van der Waals surface area contributed by atoms with Crippen LogP contribution in [-0.4, -0.2) is 43.0 Å². The van der Waals surface area contributed by atoms with Gasteiger partial charge in [-0.1, -0.05) is 19.8 Å². The van der Waals surface area contributed by atoms with Crippen LogP contribution >= 0.6 is 11.8 Å². The number of rotatable bonds is 5. The second-order valence-corrected chi connectivity index (χ2v) is 9.85. The summed E-state index contributed by atoms with van der Waals surface area (Å²) in [7, 11) is -2.91. The van der Waals surface area contributed by atoms with Gasteiger partial charge in [-0.25, -0.2) is 8.42 Å². The zero-order valence-electron chi connectivity index (χ0n) is 12.1. The van der Waals surface area contributed by atoms with Crippen molar-refractivity contribution in [1.29, 1.82) is 0 Å². The predicted octanol–water partition coefficient (Wildman–Crippen LogP) is 2.61. The van der Waals surface area contributed by atoms with E-state index < -0.39 is 9.84 Å². The average Bonchev–Trinajstić information content (AvgIpc) is 2.76. The summed E-state index contributed by atoms with van der Waals surface area (Å²) in [5, 5.41) is 4.30. The van der Waals surface area contributed by atoms with Crippen molar-refractivity contribution in [2.24, 2.45) is 0 Å². The Morgan fingerprint density at radius 3 is 2.58 bits per heavy atom. The summed E-state index contributed by atoms with van der Waals surface area (Å²) < 4.78 is 23.8. The summed E-state index contributed by atoms with van der Waals surface area (Å²) in [6, 6.07) is 0.732. The van der Waals surface area contributed by atoms with Gasteiger partial charge in [0, 0.05) is 23.6 Å². The normalized spacial score (nSPS) is 36.5. The second-order valence-electron chi connectivity index (χ2n) is 6.01. The van der Waals surface area contributed by atoms with Gasteiger partial charge < -0.3 is 5.32 Å². The van der Waals surface area contributed by atoms with Gasteiger partial charge >= 0.3 is 0 Å². The van der Waals surface area contributed by atoms with Crippen molar-refractivity contribution in [3.05, 3.63) is 0 Å². The molecule has 0 bridgehead atoms. The van der Waals surface area contributed by atoms with E-state index in [1.165, 1.54) is 37.7 Å². The van der Waals surface area contributed by atoms with E-state index in [9.17, 15) is 8.42 Å². The average molecular weight is 306 g/mol. The first-order valence-corrected chi connectivity index (χ1v) is 10.6. The number of hydrogen-bond donors (Lipinski definition) is 1. The van der Waals surface area contributed by atoms with Crippen molar-refractivity contribution in [1.82, 2.24) is 5.32 Å². The largest absolute Gasteiger partial charge is 0.310 e. The molecule has 112 valence electrons. The Hall–Kier alpha value is 0.260. The van der Waals surface area contributed by atoms with Crippen molar-refractivity contribution < 1.29 is 8.42 Å². The summed E-state index contributed by atoms with van der Waals surface area (Å²) in [5.41, 5.74) is 0. The Balaban J connectivity index is 1.90. The van der Waals surface area contributed by atoms with E-state index in [1.54, 1.807) is 0 Å². The van der Waals surface area contributed by atoms with Crippen molar-refractivity contribution in [3.8, 4) is 0 Å². The standard InChI is InChI=1S/C14H27NO2S2/c1-3-18-12-9-8-11(10-12)15-13-6-4-5-7-14(13)19(2,16)17/h11-15H,3-10H2,1-2H3/t11-,12+,13+,14-/m0/s1. The fraction of sp³-hybridized carbons (Fsp3) is 1.00. The first-order valence-electron chi connectivity index (χ1n) is 7.57. The predicted molar refractivity (Wildman–Crippen MR) is 83.6 cm³/mol. The van der Waals surface area contributed by atoms with Gasteiger partial charge in [-0.05, 0) is 37.9 Å². The molecular formula is C14H27NO2S2. The molecule has 2 aliphatic carbocycles. The highest BCUT2D eigenvalue weighted by Crippen LogP contribution is 2.32. The van der Waals surface area contributed by atoms with E-state index in [2.05, 4.69) is 24.0 Å². The quantitative estimate of drug-likeness (QED) is 0.848. The van der Waals surface area contributed by atoms with Gasteiger partial charge in [0.2, 0.25) is 0 Å². The molecule has 19 heavy (non-hydrogen) atoms. The third-order valence-corrected chi connectivity index (χ3v) is 7.39. The summed E-state index contributed by atoms with van der Waals surface area (Å²) in [4.78, 5) is 0. The molecule has 0 aliphatic heterocycles. The molecule has 0 saturated heterocycles. The molecule has 4 atom stereocenters. The van der Waals surface area contributed by atoms with Crippen LogP contribution in [0.4, 0.5) is 0 Å². The van der Waals surface area contributed by atoms with Crippen molar-refractivity contribution in [2.75, 3.05) is 12.0 Å². The molecule has 3 nitrogen and oxygen atoms in total. The van der Waals surface area contributed by atoms with Gasteiger partial charge in [0.1, 0.15) is 0 Å². The van der Waals surface area contributed by atoms with Crippen LogP contribution in [0.25, 0.3) is 0 Å². The first kappa shape index (κ1) is 15.6. The summed E-state index contributed by atoms with van der Waals surface area (Å²) >= 11 is 2.05. The van der Waals surface area contributed by atoms with Gasteiger partial charge in [0.05, 0.1) is 5.25 Å². The van der Waals surface area contributed by atoms with E-state index in [1.807, 2.05) is 0 Å². The molecule has 0 aromatic rings. The van der Waals surface area contributed by atoms with E-state index in [0.29, 0.717) is 6.04 Å². The van der Waals surface area contributed by atoms with E-state index >= 15 is 0 Å². The van der Waals surface area contributed by atoms with E-state index in [0.717, 1.165) is 24.5 Å². The van der Waals surface area contributed by atoms with Crippen LogP contribution in [0.3, 0.4) is 0 Å². The van der Waals surface area contributed by atoms with Gasteiger partial charge in [0.15, 0.2) is 9.84 Å². The Labute approximate surface area is 122 Å². The number of hydrogen-bond acceptors (Lipinski definition) is 4. The number of thioether (sulfide) groups is 1. The summed E-state index contributed by atoms with van der Waals surface area (Å²) in [5.74, 6) is 1.19. The minimum absolute atomic E-state index is 0.154. The van der Waals surface area contributed by atoms with Crippen LogP contribution in [0.2, 0.25) is 0 Å². The molecule has 0 amide bonds. The van der Waals surface area contributed by atoms with Gasteiger partial charge in [-0.15, -0.1) is 0 Å². The maximum Gasteiger partial charge on any atom is 0.151 e. The van der Waals surface area contributed by atoms with Crippen LogP contribution in [0.1, 0.15) is 51.9 Å². The maximum atomic E-state index is 11.9. The van der Waals surface area contributed by atoms with E-state index in [-0.39, 0.29) is 11.3 Å². The van der Waals surface area contributed by atoms with Gasteiger partial charge in [-0.2, -0.15) is 11.8 Å². The minimum Gasteiger partial charge on any atom is -0.310 e. The molecule has 0 aromatic carbocycles. The fourth-order valence-corrected chi connectivity index (χ4v) is 6.13. The van der Waals surface area contributed by atoms with Gasteiger partial charge in [0.25, 0.3) is 0 Å².